The zero-order chi connectivity index (χ0) is 19.7. The van der Waals surface area contributed by atoms with Crippen molar-refractivity contribution >= 4 is 20.0 Å². The van der Waals surface area contributed by atoms with Crippen LogP contribution in [-0.4, -0.2) is 40.8 Å². The van der Waals surface area contributed by atoms with Crippen molar-refractivity contribution in [2.24, 2.45) is 7.05 Å². The normalized spacial score (nSPS) is 12.0. The summed E-state index contributed by atoms with van der Waals surface area (Å²) in [5, 5.41) is 15.8. The topological polar surface area (TPSA) is 153 Å². The van der Waals surface area contributed by atoms with Crippen LogP contribution in [-0.2, 0) is 33.6 Å². The second-order valence-corrected chi connectivity index (χ2v) is 8.83. The second-order valence-electron chi connectivity index (χ2n) is 5.37. The summed E-state index contributed by atoms with van der Waals surface area (Å²) < 4.78 is 53.6. The minimum atomic E-state index is -4.01. The summed E-state index contributed by atoms with van der Waals surface area (Å²) in [4.78, 5) is 3.67. The fourth-order valence-electron chi connectivity index (χ4n) is 2.13. The first kappa shape index (κ1) is 18.7. The van der Waals surface area contributed by atoms with Gasteiger partial charge in [0.1, 0.15) is 0 Å². The van der Waals surface area contributed by atoms with Gasteiger partial charge in [-0.1, -0.05) is 5.21 Å². The van der Waals surface area contributed by atoms with Crippen LogP contribution in [0.15, 0.2) is 52.9 Å². The summed E-state index contributed by atoms with van der Waals surface area (Å²) in [6.07, 6.45) is 3.93. The molecule has 0 bridgehead atoms. The molecule has 1 aromatic carbocycles. The number of hydrogen-bond acceptors (Lipinski definition) is 8. The molecule has 2 heterocycles. The molecule has 0 fully saturated rings. The average molecular weight is 407 g/mol. The molecular formula is C14H13N7O4S2. The number of nitrogens with zero attached hydrogens (tertiary/aromatic N) is 6. The van der Waals surface area contributed by atoms with E-state index >= 15 is 0 Å². The van der Waals surface area contributed by atoms with Crippen LogP contribution in [0, 0.1) is 11.3 Å². The van der Waals surface area contributed by atoms with Crippen molar-refractivity contribution in [2.45, 2.75) is 16.6 Å². The van der Waals surface area contributed by atoms with Crippen LogP contribution in [0.25, 0.3) is 0 Å². The van der Waals surface area contributed by atoms with Crippen LogP contribution in [0.1, 0.15) is 11.3 Å². The first-order chi connectivity index (χ1) is 12.7. The zero-order valence-electron chi connectivity index (χ0n) is 13.9. The fraction of sp³-hybridized carbons (Fsp3) is 0.143. The van der Waals surface area contributed by atoms with Gasteiger partial charge in [0.15, 0.2) is 0 Å². The van der Waals surface area contributed by atoms with E-state index in [-0.39, 0.29) is 22.3 Å². The van der Waals surface area contributed by atoms with Crippen LogP contribution in [0.3, 0.4) is 0 Å². The predicted octanol–water partition coefficient (Wildman–Crippen LogP) is -0.401. The largest absolute Gasteiger partial charge is 0.324 e. The zero-order valence-corrected chi connectivity index (χ0v) is 15.5. The molecule has 0 unspecified atom stereocenters. The van der Waals surface area contributed by atoms with Crippen LogP contribution in [0.5, 0.6) is 0 Å². The second kappa shape index (κ2) is 6.91. The lowest BCUT2D eigenvalue weighted by molar-refractivity contribution is 0.563. The van der Waals surface area contributed by atoms with Gasteiger partial charge in [0.05, 0.1) is 35.0 Å². The Balaban J connectivity index is 1.78. The summed E-state index contributed by atoms with van der Waals surface area (Å²) in [7, 11) is -6.36. The standard InChI is InChI=1S/C14H13N7O4S2/c1-20-7-6-16-14(20)26(22,23)17-9-12-10-21(19-18-12)27(24,25)13-4-2-11(8-15)3-5-13/h2-7,10,17H,9H2,1H3. The molecule has 0 radical (unpaired) electrons. The Labute approximate surface area is 155 Å². The number of benzene rings is 1. The highest BCUT2D eigenvalue weighted by atomic mass is 32.2. The van der Waals surface area contributed by atoms with E-state index in [2.05, 4.69) is 20.0 Å². The molecule has 3 aromatic rings. The first-order valence-electron chi connectivity index (χ1n) is 7.38. The Morgan fingerprint density at radius 3 is 2.48 bits per heavy atom. The summed E-state index contributed by atoms with van der Waals surface area (Å²) in [6, 6.07) is 7.18. The molecule has 0 saturated carbocycles. The average Bonchev–Trinajstić information content (AvgIpc) is 3.30. The highest BCUT2D eigenvalue weighted by molar-refractivity contribution is 7.90. The molecule has 13 heteroatoms. The molecule has 3 rings (SSSR count). The van der Waals surface area contributed by atoms with Gasteiger partial charge in [0.2, 0.25) is 5.16 Å². The minimum absolute atomic E-state index is 0.0773. The Bertz CT molecular complexity index is 1220. The summed E-state index contributed by atoms with van der Waals surface area (Å²) in [5.41, 5.74) is 0.418. The van der Waals surface area contributed by atoms with E-state index < -0.39 is 20.0 Å². The number of sulfonamides is 1. The number of aryl methyl sites for hydroxylation is 1. The Kier molecular flexibility index (Phi) is 4.79. The molecule has 0 aliphatic rings. The van der Waals surface area contributed by atoms with E-state index in [4.69, 9.17) is 5.26 Å². The molecule has 0 aliphatic heterocycles. The maximum absolute atomic E-state index is 12.5. The lowest BCUT2D eigenvalue weighted by Gasteiger charge is -2.04. The van der Waals surface area contributed by atoms with Gasteiger partial charge in [-0.25, -0.2) is 18.1 Å². The number of rotatable bonds is 6. The van der Waals surface area contributed by atoms with Crippen LogP contribution in [0.4, 0.5) is 0 Å². The predicted molar refractivity (Wildman–Crippen MR) is 91.0 cm³/mol. The molecule has 0 saturated heterocycles. The number of nitrogens with one attached hydrogen (secondary N) is 1. The quantitative estimate of drug-likeness (QED) is 0.579. The molecule has 0 atom stereocenters. The smallest absolute Gasteiger partial charge is 0.284 e. The van der Waals surface area contributed by atoms with Gasteiger partial charge in [-0.15, -0.1) is 9.19 Å². The SMILES string of the molecule is Cn1ccnc1S(=O)(=O)NCc1cn(S(=O)(=O)c2ccc(C#N)cc2)nn1. The van der Waals surface area contributed by atoms with E-state index in [1.807, 2.05) is 6.07 Å². The molecular weight excluding hydrogens is 394 g/mol. The maximum Gasteiger partial charge on any atom is 0.284 e. The molecule has 0 aliphatic carbocycles. The molecule has 27 heavy (non-hydrogen) atoms. The lowest BCUT2D eigenvalue weighted by atomic mass is 10.2. The molecule has 2 aromatic heterocycles. The van der Waals surface area contributed by atoms with Crippen molar-refractivity contribution in [1.82, 2.24) is 28.7 Å². The summed E-state index contributed by atoms with van der Waals surface area (Å²) in [5.74, 6) is 0. The van der Waals surface area contributed by atoms with Gasteiger partial charge in [-0.05, 0) is 24.3 Å². The van der Waals surface area contributed by atoms with Crippen LogP contribution in [0.2, 0.25) is 0 Å². The van der Waals surface area contributed by atoms with E-state index in [9.17, 15) is 16.8 Å². The third-order valence-electron chi connectivity index (χ3n) is 3.51. The van der Waals surface area contributed by atoms with Crippen molar-refractivity contribution < 1.29 is 16.8 Å². The maximum atomic E-state index is 12.5. The Morgan fingerprint density at radius 1 is 1.19 bits per heavy atom. The van der Waals surface area contributed by atoms with Gasteiger partial charge in [-0.2, -0.15) is 13.7 Å². The monoisotopic (exact) mass is 407 g/mol. The van der Waals surface area contributed by atoms with Crippen molar-refractivity contribution in [3.8, 4) is 6.07 Å². The van der Waals surface area contributed by atoms with Crippen molar-refractivity contribution in [1.29, 1.82) is 5.26 Å². The highest BCUT2D eigenvalue weighted by Crippen LogP contribution is 2.14. The Morgan fingerprint density at radius 2 is 1.89 bits per heavy atom. The van der Waals surface area contributed by atoms with E-state index in [1.165, 1.54) is 48.3 Å². The van der Waals surface area contributed by atoms with Gasteiger partial charge in [0, 0.05) is 19.4 Å². The third-order valence-corrected chi connectivity index (χ3v) is 6.45. The molecule has 0 spiro atoms. The van der Waals surface area contributed by atoms with E-state index in [0.717, 1.165) is 6.20 Å². The molecule has 0 amide bonds. The van der Waals surface area contributed by atoms with E-state index in [0.29, 0.717) is 9.65 Å². The fourth-order valence-corrected chi connectivity index (χ4v) is 4.33. The van der Waals surface area contributed by atoms with Crippen LogP contribution < -0.4 is 4.72 Å². The van der Waals surface area contributed by atoms with Crippen molar-refractivity contribution in [3.63, 3.8) is 0 Å². The van der Waals surface area contributed by atoms with E-state index in [1.54, 1.807) is 0 Å². The summed E-state index contributed by atoms with van der Waals surface area (Å²) in [6.45, 7) is -0.266. The van der Waals surface area contributed by atoms with Crippen molar-refractivity contribution in [3.05, 3.63) is 54.1 Å². The first-order valence-corrected chi connectivity index (χ1v) is 10.3. The van der Waals surface area contributed by atoms with Gasteiger partial charge in [-0.3, -0.25) is 0 Å². The molecule has 140 valence electrons. The number of imidazole rings is 1. The minimum Gasteiger partial charge on any atom is -0.324 e. The number of aromatic nitrogens is 5. The van der Waals surface area contributed by atoms with Gasteiger partial charge < -0.3 is 4.57 Å². The van der Waals surface area contributed by atoms with Crippen LogP contribution >= 0.6 is 0 Å². The number of hydrogen-bond donors (Lipinski definition) is 1. The summed E-state index contributed by atoms with van der Waals surface area (Å²) >= 11 is 0. The third kappa shape index (κ3) is 3.72. The van der Waals surface area contributed by atoms with Crippen molar-refractivity contribution in [2.75, 3.05) is 0 Å². The lowest BCUT2D eigenvalue weighted by Crippen LogP contribution is -2.26. The molecule has 1 N–H and O–H groups in total. The molecule has 11 nitrogen and oxygen atoms in total. The van der Waals surface area contributed by atoms with Gasteiger partial charge >= 0.3 is 0 Å². The van der Waals surface area contributed by atoms with Gasteiger partial charge in [0.25, 0.3) is 20.0 Å². The number of nitriles is 1. The highest BCUT2D eigenvalue weighted by Gasteiger charge is 2.22. The Hall–Kier alpha value is -3.08.